The summed E-state index contributed by atoms with van der Waals surface area (Å²) in [6.45, 7) is 3.87. The summed E-state index contributed by atoms with van der Waals surface area (Å²) in [6, 6.07) is 17.7. The summed E-state index contributed by atoms with van der Waals surface area (Å²) in [5.74, 6) is 0.784. The lowest BCUT2D eigenvalue weighted by atomic mass is 10.1. The number of aromatic nitrogens is 2. The number of nitrogens with zero attached hydrogens (tertiary/aromatic N) is 2. The quantitative estimate of drug-likeness (QED) is 0.730. The van der Waals surface area contributed by atoms with Gasteiger partial charge in [-0.15, -0.1) is 0 Å². The van der Waals surface area contributed by atoms with E-state index >= 15 is 0 Å². The molecule has 1 aromatic heterocycles. The Kier molecular flexibility index (Phi) is 5.24. The van der Waals surface area contributed by atoms with Crippen molar-refractivity contribution in [3.05, 3.63) is 77.1 Å². The zero-order valence-electron chi connectivity index (χ0n) is 14.6. The number of amides is 1. The molecule has 128 valence electrons. The predicted octanol–water partition coefficient (Wildman–Crippen LogP) is 4.60. The molecule has 0 aliphatic heterocycles. The van der Waals surface area contributed by atoms with Crippen LogP contribution in [0.2, 0.25) is 0 Å². The molecule has 1 heterocycles. The monoisotopic (exact) mass is 351 g/mol. The number of aryl methyl sites for hydroxylation is 1. The van der Waals surface area contributed by atoms with Gasteiger partial charge in [0.15, 0.2) is 0 Å². The van der Waals surface area contributed by atoms with E-state index in [4.69, 9.17) is 0 Å². The van der Waals surface area contributed by atoms with Crippen molar-refractivity contribution < 1.29 is 4.79 Å². The van der Waals surface area contributed by atoms with Crippen LogP contribution in [0.3, 0.4) is 0 Å². The first-order chi connectivity index (χ1) is 12.1. The molecule has 25 heavy (non-hydrogen) atoms. The van der Waals surface area contributed by atoms with Gasteiger partial charge in [0.25, 0.3) is 5.91 Å². The number of carbonyl (C=O) groups excluding carboxylic acids is 1. The predicted molar refractivity (Wildman–Crippen MR) is 105 cm³/mol. The molecule has 0 bridgehead atoms. The highest BCUT2D eigenvalue weighted by molar-refractivity contribution is 7.97. The van der Waals surface area contributed by atoms with Gasteiger partial charge in [-0.1, -0.05) is 30.3 Å². The number of hydrogen-bond donors (Lipinski definition) is 1. The second-order valence-electron chi connectivity index (χ2n) is 5.88. The number of nitrogens with one attached hydrogen (secondary N) is 1. The van der Waals surface area contributed by atoms with Crippen molar-refractivity contribution in [3.8, 4) is 5.69 Å². The molecule has 1 N–H and O–H groups in total. The topological polar surface area (TPSA) is 46.9 Å². The first-order valence-electron chi connectivity index (χ1n) is 8.11. The van der Waals surface area contributed by atoms with E-state index in [-0.39, 0.29) is 5.91 Å². The van der Waals surface area contributed by atoms with E-state index in [2.05, 4.69) is 16.7 Å². The maximum Gasteiger partial charge on any atom is 0.255 e. The van der Waals surface area contributed by atoms with Gasteiger partial charge in [0, 0.05) is 11.3 Å². The fourth-order valence-corrected chi connectivity index (χ4v) is 3.31. The Morgan fingerprint density at radius 1 is 1.12 bits per heavy atom. The maximum absolute atomic E-state index is 12.7. The molecule has 0 saturated carbocycles. The van der Waals surface area contributed by atoms with E-state index in [0.29, 0.717) is 5.56 Å². The largest absolute Gasteiger partial charge is 0.319 e. The van der Waals surface area contributed by atoms with E-state index in [1.54, 1.807) is 11.8 Å². The molecule has 3 aromatic rings. The number of hydrogen-bond acceptors (Lipinski definition) is 3. The van der Waals surface area contributed by atoms with Gasteiger partial charge in [-0.3, -0.25) is 4.79 Å². The molecule has 0 saturated heterocycles. The molecule has 0 atom stereocenters. The average Bonchev–Trinajstić information content (AvgIpc) is 2.91. The van der Waals surface area contributed by atoms with Crippen molar-refractivity contribution in [3.63, 3.8) is 0 Å². The minimum absolute atomic E-state index is 0.109. The molecule has 0 fully saturated rings. The van der Waals surface area contributed by atoms with Gasteiger partial charge in [0.1, 0.15) is 0 Å². The number of anilines is 1. The van der Waals surface area contributed by atoms with Crippen LogP contribution in [0.15, 0.2) is 54.6 Å². The van der Waals surface area contributed by atoms with Crippen LogP contribution >= 0.6 is 11.8 Å². The summed E-state index contributed by atoms with van der Waals surface area (Å²) in [6.07, 6.45) is 2.05. The van der Waals surface area contributed by atoms with Crippen molar-refractivity contribution >= 4 is 23.4 Å². The van der Waals surface area contributed by atoms with Crippen LogP contribution in [0.5, 0.6) is 0 Å². The molecule has 1 amide bonds. The average molecular weight is 351 g/mol. The Labute approximate surface area is 152 Å². The molecular weight excluding hydrogens is 330 g/mol. The first-order valence-corrected chi connectivity index (χ1v) is 9.50. The maximum atomic E-state index is 12.7. The van der Waals surface area contributed by atoms with Crippen LogP contribution < -0.4 is 5.32 Å². The van der Waals surface area contributed by atoms with Gasteiger partial charge >= 0.3 is 0 Å². The Balaban J connectivity index is 1.87. The zero-order valence-corrected chi connectivity index (χ0v) is 15.4. The summed E-state index contributed by atoms with van der Waals surface area (Å²) in [7, 11) is 0. The zero-order chi connectivity index (χ0) is 17.8. The number of benzene rings is 2. The highest BCUT2D eigenvalue weighted by Gasteiger charge is 2.16. The molecule has 3 rings (SSSR count). The SMILES string of the molecule is CSCc1cccc(C(=O)Nc2c(C)nn(-c3ccccc3)c2C)c1. The molecule has 2 aromatic carbocycles. The van der Waals surface area contributed by atoms with Crippen molar-refractivity contribution in [1.82, 2.24) is 9.78 Å². The van der Waals surface area contributed by atoms with Crippen molar-refractivity contribution in [2.45, 2.75) is 19.6 Å². The molecular formula is C20H21N3OS. The number of thioether (sulfide) groups is 1. The van der Waals surface area contributed by atoms with Gasteiger partial charge in [-0.05, 0) is 49.9 Å². The lowest BCUT2D eigenvalue weighted by Crippen LogP contribution is -2.13. The van der Waals surface area contributed by atoms with Gasteiger partial charge in [0.2, 0.25) is 0 Å². The van der Waals surface area contributed by atoms with Crippen molar-refractivity contribution in [2.75, 3.05) is 11.6 Å². The van der Waals surface area contributed by atoms with Crippen LogP contribution in [0, 0.1) is 13.8 Å². The van der Waals surface area contributed by atoms with Crippen LogP contribution in [-0.4, -0.2) is 21.9 Å². The molecule has 0 aliphatic rings. The van der Waals surface area contributed by atoms with E-state index in [1.807, 2.05) is 73.1 Å². The summed E-state index contributed by atoms with van der Waals surface area (Å²) < 4.78 is 1.86. The van der Waals surface area contributed by atoms with E-state index < -0.39 is 0 Å². The first kappa shape index (κ1) is 17.3. The van der Waals surface area contributed by atoms with Gasteiger partial charge < -0.3 is 5.32 Å². The van der Waals surface area contributed by atoms with Gasteiger partial charge in [0.05, 0.1) is 22.8 Å². The fourth-order valence-electron chi connectivity index (χ4n) is 2.80. The molecule has 0 aliphatic carbocycles. The third-order valence-corrected chi connectivity index (χ3v) is 4.65. The molecule has 0 radical (unpaired) electrons. The van der Waals surface area contributed by atoms with Crippen molar-refractivity contribution in [1.29, 1.82) is 0 Å². The molecule has 5 heteroatoms. The number of carbonyl (C=O) groups is 1. The van der Waals surface area contributed by atoms with Crippen LogP contribution in [0.4, 0.5) is 5.69 Å². The second kappa shape index (κ2) is 7.57. The van der Waals surface area contributed by atoms with E-state index in [0.717, 1.165) is 34.1 Å². The lowest BCUT2D eigenvalue weighted by molar-refractivity contribution is 0.102. The van der Waals surface area contributed by atoms with E-state index in [1.165, 1.54) is 0 Å². The van der Waals surface area contributed by atoms with Gasteiger partial charge in [-0.2, -0.15) is 16.9 Å². The number of para-hydroxylation sites is 1. The van der Waals surface area contributed by atoms with Crippen LogP contribution in [0.25, 0.3) is 5.69 Å². The normalized spacial score (nSPS) is 10.7. The van der Waals surface area contributed by atoms with E-state index in [9.17, 15) is 4.79 Å². The summed E-state index contributed by atoms with van der Waals surface area (Å²) in [5, 5.41) is 7.60. The van der Waals surface area contributed by atoms with Crippen LogP contribution in [0.1, 0.15) is 27.3 Å². The number of rotatable bonds is 5. The Morgan fingerprint density at radius 3 is 2.60 bits per heavy atom. The highest BCUT2D eigenvalue weighted by atomic mass is 32.2. The Bertz CT molecular complexity index is 887. The second-order valence-corrected chi connectivity index (χ2v) is 6.75. The van der Waals surface area contributed by atoms with Gasteiger partial charge in [-0.25, -0.2) is 4.68 Å². The summed E-state index contributed by atoms with van der Waals surface area (Å²) in [4.78, 5) is 12.7. The molecule has 4 nitrogen and oxygen atoms in total. The Hall–Kier alpha value is -2.53. The Morgan fingerprint density at radius 2 is 1.88 bits per heavy atom. The summed E-state index contributed by atoms with van der Waals surface area (Å²) >= 11 is 1.74. The summed E-state index contributed by atoms with van der Waals surface area (Å²) in [5.41, 5.74) is 5.27. The lowest BCUT2D eigenvalue weighted by Gasteiger charge is -2.08. The molecule has 0 unspecified atom stereocenters. The third kappa shape index (κ3) is 3.77. The van der Waals surface area contributed by atoms with Crippen LogP contribution in [-0.2, 0) is 5.75 Å². The minimum Gasteiger partial charge on any atom is -0.319 e. The highest BCUT2D eigenvalue weighted by Crippen LogP contribution is 2.23. The fraction of sp³-hybridized carbons (Fsp3) is 0.200. The molecule has 0 spiro atoms. The smallest absolute Gasteiger partial charge is 0.255 e. The van der Waals surface area contributed by atoms with Crippen molar-refractivity contribution in [2.24, 2.45) is 0 Å². The minimum atomic E-state index is -0.109. The third-order valence-electron chi connectivity index (χ3n) is 4.03. The standard InChI is InChI=1S/C20H21N3OS/c1-14-19(15(2)23(22-14)18-10-5-4-6-11-18)21-20(24)17-9-7-8-16(12-17)13-25-3/h4-12H,13H2,1-3H3,(H,21,24).